The molecule has 2 amide bonds. The molecule has 0 bridgehead atoms. The van der Waals surface area contributed by atoms with E-state index in [9.17, 15) is 9.59 Å². The highest BCUT2D eigenvalue weighted by molar-refractivity contribution is 9.10. The molecule has 0 aliphatic heterocycles. The van der Waals surface area contributed by atoms with Crippen molar-refractivity contribution in [2.24, 2.45) is 5.92 Å². The van der Waals surface area contributed by atoms with Gasteiger partial charge in [-0.25, -0.2) is 0 Å². The normalized spacial score (nSPS) is 11.7. The predicted octanol–water partition coefficient (Wildman–Crippen LogP) is 4.17. The molecule has 6 nitrogen and oxygen atoms in total. The minimum absolute atomic E-state index is 0.104. The Hall–Kier alpha value is -2.54. The third-order valence-electron chi connectivity index (χ3n) is 4.27. The van der Waals surface area contributed by atoms with Crippen molar-refractivity contribution in [2.45, 2.75) is 26.8 Å². The van der Waals surface area contributed by atoms with Crippen LogP contribution in [0.5, 0.6) is 11.5 Å². The van der Waals surface area contributed by atoms with Crippen molar-refractivity contribution in [3.63, 3.8) is 0 Å². The molecule has 0 aromatic heterocycles. The van der Waals surface area contributed by atoms with E-state index < -0.39 is 6.04 Å². The molecule has 0 aliphatic rings. The van der Waals surface area contributed by atoms with Crippen LogP contribution in [0.2, 0.25) is 0 Å². The Morgan fingerprint density at radius 3 is 2.11 bits per heavy atom. The first kappa shape index (κ1) is 21.8. The SMILES string of the molecule is COc1cc(OC)cc(C(=O)NC(C(=O)Nc2ccc(Br)c(C)c2)C(C)C)c1. The lowest BCUT2D eigenvalue weighted by Gasteiger charge is -2.22. The maximum atomic E-state index is 12.8. The lowest BCUT2D eigenvalue weighted by atomic mass is 10.0. The van der Waals surface area contributed by atoms with Gasteiger partial charge in [0.05, 0.1) is 14.2 Å². The predicted molar refractivity (Wildman–Crippen MR) is 113 cm³/mol. The standard InChI is InChI=1S/C21H25BrN2O4/c1-12(2)19(21(26)23-15-6-7-18(22)13(3)8-15)24-20(25)14-9-16(27-4)11-17(10-14)28-5/h6-12,19H,1-5H3,(H,23,26)(H,24,25). The Bertz CT molecular complexity index is 845. The van der Waals surface area contributed by atoms with Crippen LogP contribution >= 0.6 is 15.9 Å². The molecule has 7 heteroatoms. The fraction of sp³-hybridized carbons (Fsp3) is 0.333. The van der Waals surface area contributed by atoms with Crippen LogP contribution in [0.15, 0.2) is 40.9 Å². The molecule has 0 aliphatic carbocycles. The van der Waals surface area contributed by atoms with Gasteiger partial charge in [0, 0.05) is 21.8 Å². The Kier molecular flexibility index (Phi) is 7.45. The van der Waals surface area contributed by atoms with Gasteiger partial charge in [0.25, 0.3) is 5.91 Å². The fourth-order valence-electron chi connectivity index (χ4n) is 2.64. The smallest absolute Gasteiger partial charge is 0.252 e. The van der Waals surface area contributed by atoms with Gasteiger partial charge in [-0.3, -0.25) is 9.59 Å². The third kappa shape index (κ3) is 5.48. The maximum Gasteiger partial charge on any atom is 0.252 e. The van der Waals surface area contributed by atoms with Gasteiger partial charge >= 0.3 is 0 Å². The number of methoxy groups -OCH3 is 2. The highest BCUT2D eigenvalue weighted by Gasteiger charge is 2.25. The first-order chi connectivity index (χ1) is 13.2. The minimum atomic E-state index is -0.700. The molecule has 28 heavy (non-hydrogen) atoms. The fourth-order valence-corrected chi connectivity index (χ4v) is 2.89. The van der Waals surface area contributed by atoms with Crippen LogP contribution in [0, 0.1) is 12.8 Å². The van der Waals surface area contributed by atoms with E-state index in [1.807, 2.05) is 32.9 Å². The van der Waals surface area contributed by atoms with Crippen LogP contribution in [0.1, 0.15) is 29.8 Å². The van der Waals surface area contributed by atoms with Gasteiger partial charge < -0.3 is 20.1 Å². The summed E-state index contributed by atoms with van der Waals surface area (Å²) in [7, 11) is 3.03. The Morgan fingerprint density at radius 2 is 1.61 bits per heavy atom. The summed E-state index contributed by atoms with van der Waals surface area (Å²) in [6.07, 6.45) is 0. The molecular formula is C21H25BrN2O4. The van der Waals surface area contributed by atoms with Crippen LogP contribution in [-0.4, -0.2) is 32.1 Å². The van der Waals surface area contributed by atoms with Crippen molar-refractivity contribution < 1.29 is 19.1 Å². The molecule has 1 atom stereocenters. The molecule has 2 aromatic rings. The molecule has 0 radical (unpaired) electrons. The summed E-state index contributed by atoms with van der Waals surface area (Å²) >= 11 is 3.44. The second-order valence-electron chi connectivity index (χ2n) is 6.75. The Morgan fingerprint density at radius 1 is 1.00 bits per heavy atom. The lowest BCUT2D eigenvalue weighted by Crippen LogP contribution is -2.47. The van der Waals surface area contributed by atoms with Gasteiger partial charge in [0.15, 0.2) is 0 Å². The number of hydrogen-bond donors (Lipinski definition) is 2. The summed E-state index contributed by atoms with van der Waals surface area (Å²) in [5.41, 5.74) is 2.04. The molecular weight excluding hydrogens is 424 g/mol. The van der Waals surface area contributed by atoms with Crippen molar-refractivity contribution >= 4 is 33.4 Å². The van der Waals surface area contributed by atoms with Crippen LogP contribution in [0.3, 0.4) is 0 Å². The summed E-state index contributed by atoms with van der Waals surface area (Å²) in [6, 6.07) is 9.73. The third-order valence-corrected chi connectivity index (χ3v) is 5.16. The van der Waals surface area contributed by atoms with Crippen molar-refractivity contribution in [3.05, 3.63) is 52.0 Å². The number of anilines is 1. The largest absolute Gasteiger partial charge is 0.497 e. The number of nitrogens with one attached hydrogen (secondary N) is 2. The van der Waals surface area contributed by atoms with E-state index in [0.29, 0.717) is 22.7 Å². The van der Waals surface area contributed by atoms with Crippen molar-refractivity contribution in [1.82, 2.24) is 5.32 Å². The number of halogens is 1. The van der Waals surface area contributed by atoms with E-state index in [1.54, 1.807) is 24.3 Å². The first-order valence-electron chi connectivity index (χ1n) is 8.86. The van der Waals surface area contributed by atoms with E-state index >= 15 is 0 Å². The molecule has 0 spiro atoms. The number of carbonyl (C=O) groups excluding carboxylic acids is 2. The number of ether oxygens (including phenoxy) is 2. The molecule has 0 saturated carbocycles. The number of carbonyl (C=O) groups is 2. The zero-order valence-electron chi connectivity index (χ0n) is 16.6. The Labute approximate surface area is 173 Å². The topological polar surface area (TPSA) is 76.7 Å². The van der Waals surface area contributed by atoms with Crippen LogP contribution in [0.4, 0.5) is 5.69 Å². The molecule has 2 aromatic carbocycles. The number of rotatable bonds is 7. The molecule has 0 saturated heterocycles. The summed E-state index contributed by atoms with van der Waals surface area (Å²) in [6.45, 7) is 5.70. The van der Waals surface area contributed by atoms with Gasteiger partial charge in [-0.1, -0.05) is 29.8 Å². The average molecular weight is 449 g/mol. The number of benzene rings is 2. The van der Waals surface area contributed by atoms with Gasteiger partial charge in [-0.05, 0) is 48.7 Å². The van der Waals surface area contributed by atoms with Gasteiger partial charge in [-0.15, -0.1) is 0 Å². The molecule has 2 rings (SSSR count). The summed E-state index contributed by atoms with van der Waals surface area (Å²) in [5, 5.41) is 5.68. The van der Waals surface area contributed by atoms with E-state index in [0.717, 1.165) is 10.0 Å². The first-order valence-corrected chi connectivity index (χ1v) is 9.65. The maximum absolute atomic E-state index is 12.8. The summed E-state index contributed by atoms with van der Waals surface area (Å²) in [5.74, 6) is 0.242. The van der Waals surface area contributed by atoms with Crippen LogP contribution < -0.4 is 20.1 Å². The summed E-state index contributed by atoms with van der Waals surface area (Å²) in [4.78, 5) is 25.5. The molecule has 0 fully saturated rings. The molecule has 1 unspecified atom stereocenters. The van der Waals surface area contributed by atoms with Gasteiger partial charge in [-0.2, -0.15) is 0 Å². The molecule has 150 valence electrons. The second kappa shape index (κ2) is 9.59. The molecule has 0 heterocycles. The van der Waals surface area contributed by atoms with Crippen LogP contribution in [-0.2, 0) is 4.79 Å². The van der Waals surface area contributed by atoms with Crippen molar-refractivity contribution in [3.8, 4) is 11.5 Å². The van der Waals surface area contributed by atoms with Crippen LogP contribution in [0.25, 0.3) is 0 Å². The minimum Gasteiger partial charge on any atom is -0.497 e. The lowest BCUT2D eigenvalue weighted by molar-refractivity contribution is -0.118. The summed E-state index contributed by atoms with van der Waals surface area (Å²) < 4.78 is 11.4. The van der Waals surface area contributed by atoms with E-state index in [-0.39, 0.29) is 17.7 Å². The van der Waals surface area contributed by atoms with Crippen molar-refractivity contribution in [1.29, 1.82) is 0 Å². The number of hydrogen-bond acceptors (Lipinski definition) is 4. The zero-order chi connectivity index (χ0) is 20.8. The zero-order valence-corrected chi connectivity index (χ0v) is 18.2. The number of aryl methyl sites for hydroxylation is 1. The van der Waals surface area contributed by atoms with Gasteiger partial charge in [0.2, 0.25) is 5.91 Å². The molecule has 2 N–H and O–H groups in total. The second-order valence-corrected chi connectivity index (χ2v) is 7.60. The number of amides is 2. The van der Waals surface area contributed by atoms with E-state index in [1.165, 1.54) is 14.2 Å². The average Bonchev–Trinajstić information content (AvgIpc) is 2.67. The van der Waals surface area contributed by atoms with Crippen molar-refractivity contribution in [2.75, 3.05) is 19.5 Å². The highest BCUT2D eigenvalue weighted by Crippen LogP contribution is 2.23. The highest BCUT2D eigenvalue weighted by atomic mass is 79.9. The van der Waals surface area contributed by atoms with E-state index in [2.05, 4.69) is 26.6 Å². The van der Waals surface area contributed by atoms with E-state index in [4.69, 9.17) is 9.47 Å². The van der Waals surface area contributed by atoms with Gasteiger partial charge in [0.1, 0.15) is 17.5 Å². The quantitative estimate of drug-likeness (QED) is 0.666. The Balaban J connectivity index is 2.18. The monoisotopic (exact) mass is 448 g/mol.